The van der Waals surface area contributed by atoms with Gasteiger partial charge < -0.3 is 15.5 Å². The first-order valence-corrected chi connectivity index (χ1v) is 12.6. The molecule has 0 radical (unpaired) electrons. The van der Waals surface area contributed by atoms with Crippen LogP contribution in [0.1, 0.15) is 21.7 Å². The fraction of sp³-hybridized carbons (Fsp3) is 0.129. The lowest BCUT2D eigenvalue weighted by molar-refractivity contribution is 0.0466. The summed E-state index contributed by atoms with van der Waals surface area (Å²) in [4.78, 5) is 25.0. The number of H-pyrrole nitrogens is 1. The Bertz CT molecular complexity index is 1820. The van der Waals surface area contributed by atoms with Crippen LogP contribution >= 0.6 is 0 Å². The number of halogens is 1. The molecule has 1 atom stereocenters. The number of fused-ring (bicyclic) bond motifs is 2. The predicted molar refractivity (Wildman–Crippen MR) is 149 cm³/mol. The maximum Gasteiger partial charge on any atom is 0.374 e. The van der Waals surface area contributed by atoms with Gasteiger partial charge in [-0.1, -0.05) is 24.3 Å². The Labute approximate surface area is 224 Å². The van der Waals surface area contributed by atoms with Gasteiger partial charge in [0.15, 0.2) is 0 Å². The number of ether oxygens (including phenoxy) is 1. The van der Waals surface area contributed by atoms with Crippen LogP contribution in [-0.4, -0.2) is 38.0 Å². The second-order valence-electron chi connectivity index (χ2n) is 9.58. The van der Waals surface area contributed by atoms with Gasteiger partial charge in [0.2, 0.25) is 5.82 Å². The molecule has 8 heteroatoms. The summed E-state index contributed by atoms with van der Waals surface area (Å²) in [7, 11) is 0. The van der Waals surface area contributed by atoms with E-state index in [4.69, 9.17) is 10.5 Å². The van der Waals surface area contributed by atoms with Crippen molar-refractivity contribution < 1.29 is 13.9 Å². The fourth-order valence-electron chi connectivity index (χ4n) is 4.87. The summed E-state index contributed by atoms with van der Waals surface area (Å²) < 4.78 is 21.1. The van der Waals surface area contributed by atoms with E-state index < -0.39 is 5.97 Å². The number of benzene rings is 2. The summed E-state index contributed by atoms with van der Waals surface area (Å²) in [5, 5.41) is 1.11. The number of aromatic nitrogens is 4. The lowest BCUT2D eigenvalue weighted by Crippen LogP contribution is -2.30. The molecule has 39 heavy (non-hydrogen) atoms. The number of pyridine rings is 2. The number of nitrogens with two attached hydrogens (primary N) is 1. The number of hydrogen-bond acceptors (Lipinski definition) is 5. The normalized spacial score (nSPS) is 12.2. The van der Waals surface area contributed by atoms with E-state index in [9.17, 15) is 9.18 Å². The largest absolute Gasteiger partial charge is 0.458 e. The van der Waals surface area contributed by atoms with Gasteiger partial charge in [-0.3, -0.25) is 9.38 Å². The maximum absolute atomic E-state index is 13.8. The number of imidazole rings is 1. The van der Waals surface area contributed by atoms with Gasteiger partial charge in [0.1, 0.15) is 12.4 Å². The summed E-state index contributed by atoms with van der Waals surface area (Å²) >= 11 is 0. The van der Waals surface area contributed by atoms with E-state index in [1.165, 1.54) is 6.07 Å². The smallest absolute Gasteiger partial charge is 0.374 e. The molecule has 4 heterocycles. The van der Waals surface area contributed by atoms with E-state index in [-0.39, 0.29) is 24.3 Å². The molecule has 6 aromatic rings. The molecule has 0 unspecified atom stereocenters. The van der Waals surface area contributed by atoms with E-state index in [2.05, 4.69) is 15.0 Å². The first kappa shape index (κ1) is 24.5. The molecule has 2 aromatic carbocycles. The van der Waals surface area contributed by atoms with Gasteiger partial charge in [-0.05, 0) is 72.5 Å². The van der Waals surface area contributed by atoms with E-state index in [1.54, 1.807) is 42.0 Å². The topological polar surface area (TPSA) is 98.3 Å². The summed E-state index contributed by atoms with van der Waals surface area (Å²) in [6.07, 6.45) is 7.64. The molecule has 0 amide bonds. The molecule has 0 aliphatic heterocycles. The Kier molecular flexibility index (Phi) is 6.38. The van der Waals surface area contributed by atoms with Crippen LogP contribution in [0.2, 0.25) is 0 Å². The molecule has 0 aliphatic carbocycles. The minimum absolute atomic E-state index is 0.0709. The zero-order valence-corrected chi connectivity index (χ0v) is 21.3. The number of carbonyl (C=O) groups is 1. The number of carbonyl (C=O) groups excluding carboxylic acids is 1. The van der Waals surface area contributed by atoms with Crippen LogP contribution in [0.5, 0.6) is 0 Å². The highest BCUT2D eigenvalue weighted by Gasteiger charge is 2.18. The van der Waals surface area contributed by atoms with E-state index in [1.807, 2.05) is 54.7 Å². The Hall–Kier alpha value is -4.82. The molecule has 0 aliphatic rings. The van der Waals surface area contributed by atoms with Crippen LogP contribution in [-0.2, 0) is 11.2 Å². The Morgan fingerprint density at radius 1 is 1.08 bits per heavy atom. The predicted octanol–water partition coefficient (Wildman–Crippen LogP) is 5.72. The Morgan fingerprint density at radius 2 is 1.95 bits per heavy atom. The van der Waals surface area contributed by atoms with Crippen molar-refractivity contribution >= 4 is 22.4 Å². The number of aryl methyl sites for hydroxylation is 1. The summed E-state index contributed by atoms with van der Waals surface area (Å²) in [5.74, 6) is -0.618. The average Bonchev–Trinajstić information content (AvgIpc) is 3.57. The van der Waals surface area contributed by atoms with Crippen molar-refractivity contribution in [1.82, 2.24) is 19.4 Å². The van der Waals surface area contributed by atoms with Crippen LogP contribution in [0.3, 0.4) is 0 Å². The molecule has 0 fully saturated rings. The second-order valence-corrected chi connectivity index (χ2v) is 9.58. The maximum atomic E-state index is 13.8. The number of esters is 1. The van der Waals surface area contributed by atoms with Gasteiger partial charge in [0.05, 0.1) is 17.4 Å². The third kappa shape index (κ3) is 4.78. The van der Waals surface area contributed by atoms with Crippen molar-refractivity contribution in [1.29, 1.82) is 0 Å². The van der Waals surface area contributed by atoms with Crippen molar-refractivity contribution in [2.24, 2.45) is 5.73 Å². The molecule has 7 nitrogen and oxygen atoms in total. The number of hydrogen-bond donors (Lipinski definition) is 2. The summed E-state index contributed by atoms with van der Waals surface area (Å²) in [5.41, 5.74) is 13.1. The van der Waals surface area contributed by atoms with Gasteiger partial charge in [-0.15, -0.1) is 0 Å². The zero-order chi connectivity index (χ0) is 26.9. The summed E-state index contributed by atoms with van der Waals surface area (Å²) in [6.45, 7) is 1.80. The SMILES string of the molecule is Cc1cc(-c2ncccc2-c2ccn3c(C(=O)OC[C@H](N)Cc4c[nH]c5ccccc45)ncc3c2)ccc1F. The molecule has 194 valence electrons. The Morgan fingerprint density at radius 3 is 2.82 bits per heavy atom. The van der Waals surface area contributed by atoms with Crippen molar-refractivity contribution in [3.8, 4) is 22.4 Å². The highest BCUT2D eigenvalue weighted by molar-refractivity contribution is 5.88. The van der Waals surface area contributed by atoms with Crippen LogP contribution in [0.25, 0.3) is 38.8 Å². The number of nitrogens with zero attached hydrogens (tertiary/aromatic N) is 3. The van der Waals surface area contributed by atoms with Crippen molar-refractivity contribution in [3.05, 3.63) is 114 Å². The van der Waals surface area contributed by atoms with Crippen molar-refractivity contribution in [3.63, 3.8) is 0 Å². The minimum atomic E-state index is -0.541. The standard InChI is InChI=1S/C31H26FN5O2/c1-19-13-21(8-9-27(19)32)29-26(6-4-11-34-29)20-10-12-37-24(15-20)17-36-30(37)31(38)39-18-23(33)14-22-16-35-28-7-3-2-5-25(22)28/h2-13,15-17,23,35H,14,18,33H2,1H3/t23-/m1/s1. The monoisotopic (exact) mass is 519 g/mol. The van der Waals surface area contributed by atoms with Gasteiger partial charge in [-0.2, -0.15) is 0 Å². The molecule has 3 N–H and O–H groups in total. The first-order valence-electron chi connectivity index (χ1n) is 12.6. The molecular weight excluding hydrogens is 493 g/mol. The molecule has 6 rings (SSSR count). The van der Waals surface area contributed by atoms with E-state index in [0.29, 0.717) is 12.0 Å². The van der Waals surface area contributed by atoms with Gasteiger partial charge >= 0.3 is 5.97 Å². The number of para-hydroxylation sites is 1. The van der Waals surface area contributed by atoms with Crippen LogP contribution < -0.4 is 5.73 Å². The molecule has 0 saturated carbocycles. The lowest BCUT2D eigenvalue weighted by atomic mass is 9.99. The molecule has 0 saturated heterocycles. The minimum Gasteiger partial charge on any atom is -0.458 e. The highest BCUT2D eigenvalue weighted by Crippen LogP contribution is 2.32. The molecular formula is C31H26FN5O2. The zero-order valence-electron chi connectivity index (χ0n) is 21.3. The fourth-order valence-corrected chi connectivity index (χ4v) is 4.87. The average molecular weight is 520 g/mol. The quantitative estimate of drug-likeness (QED) is 0.263. The molecule has 0 spiro atoms. The van der Waals surface area contributed by atoms with Gasteiger partial charge in [0, 0.05) is 46.7 Å². The van der Waals surface area contributed by atoms with E-state index in [0.717, 1.165) is 44.4 Å². The number of nitrogens with one attached hydrogen (secondary N) is 1. The third-order valence-corrected chi connectivity index (χ3v) is 6.85. The highest BCUT2D eigenvalue weighted by atomic mass is 19.1. The van der Waals surface area contributed by atoms with Crippen molar-refractivity contribution in [2.75, 3.05) is 6.61 Å². The number of rotatable bonds is 7. The Balaban J connectivity index is 1.19. The van der Waals surface area contributed by atoms with Gasteiger partial charge in [-0.25, -0.2) is 14.2 Å². The first-order chi connectivity index (χ1) is 19.0. The summed E-state index contributed by atoms with van der Waals surface area (Å²) in [6, 6.07) is 20.3. The van der Waals surface area contributed by atoms with Crippen LogP contribution in [0, 0.1) is 12.7 Å². The lowest BCUT2D eigenvalue weighted by Gasteiger charge is -2.12. The molecule has 4 aromatic heterocycles. The van der Waals surface area contributed by atoms with E-state index >= 15 is 0 Å². The van der Waals surface area contributed by atoms with Crippen LogP contribution in [0.15, 0.2) is 91.5 Å². The van der Waals surface area contributed by atoms with Crippen molar-refractivity contribution in [2.45, 2.75) is 19.4 Å². The second kappa shape index (κ2) is 10.2. The van der Waals surface area contributed by atoms with Crippen LogP contribution in [0.4, 0.5) is 4.39 Å². The van der Waals surface area contributed by atoms with Gasteiger partial charge in [0.25, 0.3) is 0 Å². The third-order valence-electron chi connectivity index (χ3n) is 6.85. The number of aromatic amines is 1. The molecule has 0 bridgehead atoms.